The summed E-state index contributed by atoms with van der Waals surface area (Å²) in [7, 11) is 8.36. The topological polar surface area (TPSA) is 49.0 Å². The highest BCUT2D eigenvalue weighted by Crippen LogP contribution is 2.40. The van der Waals surface area contributed by atoms with E-state index < -0.39 is 0 Å². The third-order valence-electron chi connectivity index (χ3n) is 4.00. The highest BCUT2D eigenvalue weighted by molar-refractivity contribution is 5.83. The Bertz CT molecular complexity index is 743. The molecule has 0 saturated carbocycles. The van der Waals surface area contributed by atoms with Gasteiger partial charge in [0.25, 0.3) is 0 Å². The number of hydrogen-bond acceptors (Lipinski definition) is 5. The Kier molecular flexibility index (Phi) is 6.17. The summed E-state index contributed by atoms with van der Waals surface area (Å²) >= 11 is 0. The second kappa shape index (κ2) is 8.33. The standard InChI is InChI=1S/C20H25NO4/c1-13(9-14-7-8-17(22-3)16(10-14)21-2)15-11-18(23-4)20(25-6)19(12-15)24-5/h7-12,21H,1-6H3/b13-9-. The highest BCUT2D eigenvalue weighted by atomic mass is 16.5. The summed E-state index contributed by atoms with van der Waals surface area (Å²) < 4.78 is 21.6. The summed E-state index contributed by atoms with van der Waals surface area (Å²) in [6, 6.07) is 9.88. The Balaban J connectivity index is 2.46. The van der Waals surface area contributed by atoms with Crippen molar-refractivity contribution in [2.75, 3.05) is 40.8 Å². The van der Waals surface area contributed by atoms with Gasteiger partial charge in [-0.15, -0.1) is 0 Å². The van der Waals surface area contributed by atoms with Gasteiger partial charge in [0, 0.05) is 7.05 Å². The maximum absolute atomic E-state index is 5.43. The zero-order chi connectivity index (χ0) is 18.4. The largest absolute Gasteiger partial charge is 0.495 e. The maximum atomic E-state index is 5.43. The predicted molar refractivity (Wildman–Crippen MR) is 102 cm³/mol. The molecule has 0 aliphatic heterocycles. The van der Waals surface area contributed by atoms with Crippen LogP contribution in [-0.2, 0) is 0 Å². The minimum Gasteiger partial charge on any atom is -0.495 e. The summed E-state index contributed by atoms with van der Waals surface area (Å²) in [5, 5.41) is 3.14. The maximum Gasteiger partial charge on any atom is 0.203 e. The monoisotopic (exact) mass is 343 g/mol. The van der Waals surface area contributed by atoms with Gasteiger partial charge in [0.15, 0.2) is 11.5 Å². The van der Waals surface area contributed by atoms with Crippen LogP contribution in [0, 0.1) is 0 Å². The second-order valence-electron chi connectivity index (χ2n) is 5.45. The molecule has 25 heavy (non-hydrogen) atoms. The van der Waals surface area contributed by atoms with E-state index in [1.165, 1.54) is 0 Å². The number of anilines is 1. The number of ether oxygens (including phenoxy) is 4. The van der Waals surface area contributed by atoms with Crippen LogP contribution in [0.1, 0.15) is 18.1 Å². The minimum atomic E-state index is 0.587. The lowest BCUT2D eigenvalue weighted by molar-refractivity contribution is 0.324. The van der Waals surface area contributed by atoms with Gasteiger partial charge in [0.1, 0.15) is 5.75 Å². The van der Waals surface area contributed by atoms with E-state index in [1.807, 2.05) is 44.3 Å². The zero-order valence-electron chi connectivity index (χ0n) is 15.6. The number of hydrogen-bond donors (Lipinski definition) is 1. The molecular formula is C20H25NO4. The van der Waals surface area contributed by atoms with Crippen molar-refractivity contribution in [3.8, 4) is 23.0 Å². The van der Waals surface area contributed by atoms with Crippen molar-refractivity contribution in [2.45, 2.75) is 6.92 Å². The molecule has 0 bridgehead atoms. The van der Waals surface area contributed by atoms with Gasteiger partial charge in [-0.25, -0.2) is 0 Å². The highest BCUT2D eigenvalue weighted by Gasteiger charge is 2.14. The van der Waals surface area contributed by atoms with Crippen LogP contribution < -0.4 is 24.3 Å². The number of nitrogens with one attached hydrogen (secondary N) is 1. The van der Waals surface area contributed by atoms with Crippen LogP contribution in [0.5, 0.6) is 23.0 Å². The fraction of sp³-hybridized carbons (Fsp3) is 0.300. The molecule has 0 aliphatic rings. The Morgan fingerprint density at radius 1 is 0.840 bits per heavy atom. The third kappa shape index (κ3) is 3.99. The Labute approximate surface area is 149 Å². The summed E-state index contributed by atoms with van der Waals surface area (Å²) in [6.07, 6.45) is 2.10. The molecular weight excluding hydrogens is 318 g/mol. The molecule has 1 N–H and O–H groups in total. The van der Waals surface area contributed by atoms with Crippen molar-refractivity contribution in [1.29, 1.82) is 0 Å². The molecule has 0 unspecified atom stereocenters. The van der Waals surface area contributed by atoms with Gasteiger partial charge >= 0.3 is 0 Å². The molecule has 2 aromatic carbocycles. The van der Waals surface area contributed by atoms with E-state index in [0.29, 0.717) is 17.2 Å². The van der Waals surface area contributed by atoms with Crippen LogP contribution in [0.3, 0.4) is 0 Å². The zero-order valence-corrected chi connectivity index (χ0v) is 15.6. The number of methoxy groups -OCH3 is 4. The summed E-state index contributed by atoms with van der Waals surface area (Å²) in [5.74, 6) is 2.67. The first kappa shape index (κ1) is 18.5. The molecule has 0 saturated heterocycles. The number of rotatable bonds is 7. The molecule has 0 fully saturated rings. The van der Waals surface area contributed by atoms with Crippen molar-refractivity contribution in [1.82, 2.24) is 0 Å². The van der Waals surface area contributed by atoms with Gasteiger partial charge in [-0.05, 0) is 47.9 Å². The van der Waals surface area contributed by atoms with E-state index in [4.69, 9.17) is 18.9 Å². The van der Waals surface area contributed by atoms with Crippen LogP contribution in [0.15, 0.2) is 30.3 Å². The number of allylic oxidation sites excluding steroid dienone is 1. The van der Waals surface area contributed by atoms with Crippen LogP contribution >= 0.6 is 0 Å². The third-order valence-corrected chi connectivity index (χ3v) is 4.00. The number of benzene rings is 2. The second-order valence-corrected chi connectivity index (χ2v) is 5.45. The van der Waals surface area contributed by atoms with Crippen LogP contribution in [0.2, 0.25) is 0 Å². The van der Waals surface area contributed by atoms with Crippen LogP contribution in [-0.4, -0.2) is 35.5 Å². The average Bonchev–Trinajstić information content (AvgIpc) is 2.66. The van der Waals surface area contributed by atoms with E-state index in [1.54, 1.807) is 28.4 Å². The van der Waals surface area contributed by atoms with Crippen LogP contribution in [0.4, 0.5) is 5.69 Å². The molecule has 5 nitrogen and oxygen atoms in total. The molecule has 0 aliphatic carbocycles. The molecule has 0 amide bonds. The normalized spacial score (nSPS) is 11.0. The van der Waals surface area contributed by atoms with E-state index in [-0.39, 0.29) is 0 Å². The molecule has 0 aromatic heterocycles. The molecule has 0 spiro atoms. The lowest BCUT2D eigenvalue weighted by Gasteiger charge is -2.14. The first-order valence-electron chi connectivity index (χ1n) is 7.92. The van der Waals surface area contributed by atoms with E-state index in [0.717, 1.165) is 28.1 Å². The van der Waals surface area contributed by atoms with Crippen molar-refractivity contribution < 1.29 is 18.9 Å². The summed E-state index contributed by atoms with van der Waals surface area (Å²) in [4.78, 5) is 0. The Morgan fingerprint density at radius 3 is 1.92 bits per heavy atom. The van der Waals surface area contributed by atoms with E-state index in [2.05, 4.69) is 11.4 Å². The van der Waals surface area contributed by atoms with Gasteiger partial charge in [-0.3, -0.25) is 0 Å². The molecule has 0 heterocycles. The fourth-order valence-electron chi connectivity index (χ4n) is 2.65. The molecule has 5 heteroatoms. The Hall–Kier alpha value is -2.82. The molecule has 134 valence electrons. The quantitative estimate of drug-likeness (QED) is 0.759. The smallest absolute Gasteiger partial charge is 0.203 e. The van der Waals surface area contributed by atoms with Gasteiger partial charge < -0.3 is 24.3 Å². The van der Waals surface area contributed by atoms with Gasteiger partial charge in [-0.1, -0.05) is 12.1 Å². The van der Waals surface area contributed by atoms with Crippen molar-refractivity contribution in [3.63, 3.8) is 0 Å². The lowest BCUT2D eigenvalue weighted by atomic mass is 10.0. The molecule has 0 atom stereocenters. The van der Waals surface area contributed by atoms with Crippen molar-refractivity contribution in [3.05, 3.63) is 41.5 Å². The predicted octanol–water partition coefficient (Wildman–Crippen LogP) is 4.32. The van der Waals surface area contributed by atoms with E-state index >= 15 is 0 Å². The van der Waals surface area contributed by atoms with E-state index in [9.17, 15) is 0 Å². The summed E-state index contributed by atoms with van der Waals surface area (Å²) in [5.41, 5.74) is 4.08. The molecule has 2 rings (SSSR count). The first-order chi connectivity index (χ1) is 12.1. The van der Waals surface area contributed by atoms with Gasteiger partial charge in [-0.2, -0.15) is 0 Å². The van der Waals surface area contributed by atoms with Gasteiger partial charge in [0.05, 0.1) is 34.1 Å². The minimum absolute atomic E-state index is 0.587. The summed E-state index contributed by atoms with van der Waals surface area (Å²) in [6.45, 7) is 2.05. The first-order valence-corrected chi connectivity index (χ1v) is 7.92. The SMILES string of the molecule is CNc1cc(/C=C(/C)c2cc(OC)c(OC)c(OC)c2)ccc1OC. The van der Waals surface area contributed by atoms with Gasteiger partial charge in [0.2, 0.25) is 5.75 Å². The van der Waals surface area contributed by atoms with Crippen molar-refractivity contribution in [2.24, 2.45) is 0 Å². The Morgan fingerprint density at radius 2 is 1.44 bits per heavy atom. The van der Waals surface area contributed by atoms with Crippen LogP contribution in [0.25, 0.3) is 11.6 Å². The molecule has 2 aromatic rings. The molecule has 0 radical (unpaired) electrons. The average molecular weight is 343 g/mol. The lowest BCUT2D eigenvalue weighted by Crippen LogP contribution is -1.96. The van der Waals surface area contributed by atoms with Crippen molar-refractivity contribution >= 4 is 17.3 Å². The fourth-order valence-corrected chi connectivity index (χ4v) is 2.65.